The van der Waals surface area contributed by atoms with Crippen molar-refractivity contribution in [3.05, 3.63) is 63.9 Å². The van der Waals surface area contributed by atoms with Crippen LogP contribution in [-0.4, -0.2) is 40.2 Å². The highest BCUT2D eigenvalue weighted by molar-refractivity contribution is 6.32. The Labute approximate surface area is 168 Å². The van der Waals surface area contributed by atoms with Crippen molar-refractivity contribution in [1.29, 1.82) is 0 Å². The van der Waals surface area contributed by atoms with Crippen LogP contribution in [0.2, 0.25) is 5.02 Å². The molecule has 0 unspecified atom stereocenters. The molecule has 0 saturated heterocycles. The van der Waals surface area contributed by atoms with E-state index in [-0.39, 0.29) is 12.8 Å². The number of rotatable bonds is 5. The Morgan fingerprint density at radius 2 is 1.75 bits per heavy atom. The van der Waals surface area contributed by atoms with Gasteiger partial charge in [-0.05, 0) is 66.9 Å². The zero-order valence-electron chi connectivity index (χ0n) is 15.4. The molecule has 3 N–H and O–H groups in total. The van der Waals surface area contributed by atoms with Crippen molar-refractivity contribution in [3.8, 4) is 0 Å². The van der Waals surface area contributed by atoms with Crippen molar-refractivity contribution in [1.82, 2.24) is 10.3 Å². The number of pyridine rings is 1. The van der Waals surface area contributed by atoms with Crippen LogP contribution >= 0.6 is 11.6 Å². The number of nitrogens with one attached hydrogen (secondary N) is 1. The maximum Gasteiger partial charge on any atom is 0.303 e. The van der Waals surface area contributed by atoms with Crippen LogP contribution in [0.4, 0.5) is 0 Å². The average Bonchev–Trinajstić information content (AvgIpc) is 2.92. The van der Waals surface area contributed by atoms with Crippen LogP contribution in [0.15, 0.2) is 36.5 Å². The van der Waals surface area contributed by atoms with Crippen molar-refractivity contribution >= 4 is 35.7 Å². The first-order valence-corrected chi connectivity index (χ1v) is 9.39. The molecule has 0 saturated carbocycles. The molecular formula is C21H23ClN2O4. The Hall–Kier alpha value is -2.70. The number of hydrogen-bond donors (Lipinski definition) is 3. The second-order valence-corrected chi connectivity index (χ2v) is 6.63. The molecule has 7 heteroatoms. The Kier molecular flexibility index (Phi) is 8.65. The van der Waals surface area contributed by atoms with E-state index in [0.29, 0.717) is 0 Å². The molecule has 28 heavy (non-hydrogen) atoms. The fourth-order valence-corrected chi connectivity index (χ4v) is 3.05. The lowest BCUT2D eigenvalue weighted by Crippen LogP contribution is -2.16. The predicted octanol–water partition coefficient (Wildman–Crippen LogP) is 3.53. The van der Waals surface area contributed by atoms with E-state index in [9.17, 15) is 9.59 Å². The molecule has 0 spiro atoms. The fourth-order valence-electron chi connectivity index (χ4n) is 2.81. The first-order chi connectivity index (χ1) is 13.5. The minimum Gasteiger partial charge on any atom is -0.481 e. The second kappa shape index (κ2) is 11.2. The summed E-state index contributed by atoms with van der Waals surface area (Å²) in [7, 11) is 0. The molecular weight excluding hydrogens is 380 g/mol. The van der Waals surface area contributed by atoms with Crippen LogP contribution in [0.25, 0.3) is 12.2 Å². The lowest BCUT2D eigenvalue weighted by molar-refractivity contribution is -0.143. The quantitative estimate of drug-likeness (QED) is 0.707. The summed E-state index contributed by atoms with van der Waals surface area (Å²) in [5, 5.41) is 20.1. The van der Waals surface area contributed by atoms with Crippen LogP contribution < -0.4 is 5.32 Å². The molecule has 0 fully saturated rings. The number of aliphatic carboxylic acids is 2. The van der Waals surface area contributed by atoms with Crippen LogP contribution in [0, 0.1) is 0 Å². The maximum absolute atomic E-state index is 9.64. The lowest BCUT2D eigenvalue weighted by Gasteiger charge is -2.11. The molecule has 1 aliphatic rings. The molecule has 1 aromatic heterocycles. The number of carboxylic acid groups (broad SMARTS) is 2. The van der Waals surface area contributed by atoms with Gasteiger partial charge in [0.05, 0.1) is 18.5 Å². The number of fused-ring (bicyclic) bond motifs is 1. The molecule has 2 aromatic rings. The third kappa shape index (κ3) is 7.13. The smallest absolute Gasteiger partial charge is 0.303 e. The molecule has 1 aromatic carbocycles. The van der Waals surface area contributed by atoms with Gasteiger partial charge in [-0.25, -0.2) is 0 Å². The monoisotopic (exact) mass is 402 g/mol. The summed E-state index contributed by atoms with van der Waals surface area (Å²) in [5.74, 6) is -2.15. The highest BCUT2D eigenvalue weighted by Gasteiger charge is 2.12. The van der Waals surface area contributed by atoms with E-state index >= 15 is 0 Å². The average molecular weight is 403 g/mol. The van der Waals surface area contributed by atoms with Gasteiger partial charge in [-0.1, -0.05) is 29.8 Å². The second-order valence-electron chi connectivity index (χ2n) is 6.22. The number of halogens is 1. The predicted molar refractivity (Wildman–Crippen MR) is 109 cm³/mol. The van der Waals surface area contributed by atoms with E-state index < -0.39 is 11.9 Å². The highest BCUT2D eigenvalue weighted by Crippen LogP contribution is 2.27. The summed E-state index contributed by atoms with van der Waals surface area (Å²) in [6.07, 6.45) is 7.42. The summed E-state index contributed by atoms with van der Waals surface area (Å²) in [6.45, 7) is 2.05. The highest BCUT2D eigenvalue weighted by atomic mass is 35.5. The first kappa shape index (κ1) is 21.6. The van der Waals surface area contributed by atoms with Crippen LogP contribution in [0.3, 0.4) is 0 Å². The van der Waals surface area contributed by atoms with Gasteiger partial charge < -0.3 is 15.5 Å². The van der Waals surface area contributed by atoms with E-state index in [2.05, 4.69) is 22.4 Å². The molecule has 2 heterocycles. The molecule has 0 radical (unpaired) electrons. The Morgan fingerprint density at radius 1 is 1.04 bits per heavy atom. The molecule has 6 nitrogen and oxygen atoms in total. The van der Waals surface area contributed by atoms with Gasteiger partial charge in [-0.2, -0.15) is 0 Å². The number of carboxylic acids is 2. The first-order valence-electron chi connectivity index (χ1n) is 9.01. The lowest BCUT2D eigenvalue weighted by atomic mass is 9.96. The number of benzene rings is 1. The third-order valence-electron chi connectivity index (χ3n) is 4.19. The Morgan fingerprint density at radius 3 is 2.39 bits per heavy atom. The summed E-state index contributed by atoms with van der Waals surface area (Å²) in [4.78, 5) is 23.6. The van der Waals surface area contributed by atoms with E-state index in [1.165, 1.54) is 11.1 Å². The van der Waals surface area contributed by atoms with Gasteiger partial charge in [0.2, 0.25) is 0 Å². The van der Waals surface area contributed by atoms with Crippen LogP contribution in [0.5, 0.6) is 0 Å². The van der Waals surface area contributed by atoms with Gasteiger partial charge in [0.25, 0.3) is 0 Å². The van der Waals surface area contributed by atoms with Crippen molar-refractivity contribution < 1.29 is 19.8 Å². The SMILES string of the molecule is Clc1ccc2c(c1C=Cc1ccccn1)CCNCC2.O=C(O)CCC(=O)O. The number of carbonyl (C=O) groups is 2. The summed E-state index contributed by atoms with van der Waals surface area (Å²) >= 11 is 6.39. The van der Waals surface area contributed by atoms with E-state index in [1.54, 1.807) is 6.20 Å². The Balaban J connectivity index is 0.000000300. The molecule has 148 valence electrons. The van der Waals surface area contributed by atoms with Gasteiger partial charge in [0.1, 0.15) is 0 Å². The van der Waals surface area contributed by atoms with Gasteiger partial charge in [-0.15, -0.1) is 0 Å². The number of nitrogens with zero attached hydrogens (tertiary/aromatic N) is 1. The fraction of sp³-hybridized carbons (Fsp3) is 0.286. The van der Waals surface area contributed by atoms with E-state index in [1.807, 2.05) is 30.3 Å². The minimum absolute atomic E-state index is 0.296. The van der Waals surface area contributed by atoms with Crippen molar-refractivity contribution in [2.24, 2.45) is 0 Å². The summed E-state index contributed by atoms with van der Waals surface area (Å²) < 4.78 is 0. The van der Waals surface area contributed by atoms with E-state index in [4.69, 9.17) is 21.8 Å². The molecule has 0 aliphatic carbocycles. The largest absolute Gasteiger partial charge is 0.481 e. The van der Waals surface area contributed by atoms with E-state index in [0.717, 1.165) is 42.2 Å². The van der Waals surface area contributed by atoms with Gasteiger partial charge in [-0.3, -0.25) is 14.6 Å². The standard InChI is InChI=1S/C17H17ClN2.C4H6O4/c18-17-7-4-13-8-11-19-12-9-15(13)16(17)6-5-14-3-1-2-10-20-14;5-3(6)1-2-4(7)8/h1-7,10,19H,8-9,11-12H2;1-2H2,(H,5,6)(H,7,8). The molecule has 0 atom stereocenters. The maximum atomic E-state index is 9.64. The minimum atomic E-state index is -1.08. The summed E-state index contributed by atoms with van der Waals surface area (Å²) in [5.41, 5.74) is 4.86. The third-order valence-corrected chi connectivity index (χ3v) is 4.51. The zero-order chi connectivity index (χ0) is 20.4. The normalized spacial score (nSPS) is 13.2. The number of hydrogen-bond acceptors (Lipinski definition) is 4. The van der Waals surface area contributed by atoms with Crippen LogP contribution in [0.1, 0.15) is 35.2 Å². The molecule has 0 bridgehead atoms. The van der Waals surface area contributed by atoms with Gasteiger partial charge >= 0.3 is 11.9 Å². The zero-order valence-corrected chi connectivity index (χ0v) is 16.2. The molecule has 0 amide bonds. The molecule has 3 rings (SSSR count). The Bertz CT molecular complexity index is 824. The molecule has 1 aliphatic heterocycles. The van der Waals surface area contributed by atoms with Crippen molar-refractivity contribution in [2.75, 3.05) is 13.1 Å². The number of aromatic nitrogens is 1. The topological polar surface area (TPSA) is 99.5 Å². The summed E-state index contributed by atoms with van der Waals surface area (Å²) in [6, 6.07) is 10.1. The van der Waals surface area contributed by atoms with Crippen LogP contribution in [-0.2, 0) is 22.4 Å². The van der Waals surface area contributed by atoms with Crippen molar-refractivity contribution in [3.63, 3.8) is 0 Å². The van der Waals surface area contributed by atoms with Gasteiger partial charge in [0, 0.05) is 11.2 Å². The van der Waals surface area contributed by atoms with Gasteiger partial charge in [0.15, 0.2) is 0 Å². The van der Waals surface area contributed by atoms with Crippen molar-refractivity contribution in [2.45, 2.75) is 25.7 Å².